The first-order valence-corrected chi connectivity index (χ1v) is 14.9. The van der Waals surface area contributed by atoms with Gasteiger partial charge in [-0.2, -0.15) is 17.5 Å². The van der Waals surface area contributed by atoms with Crippen LogP contribution in [0.4, 0.5) is 18.9 Å². The largest absolute Gasteiger partial charge is 0.511 e. The van der Waals surface area contributed by atoms with Crippen molar-refractivity contribution >= 4 is 49.8 Å². The Hall–Kier alpha value is -2.85. The Morgan fingerprint density at radius 1 is 0.900 bits per heavy atom. The molecule has 5 rings (SSSR count). The number of aromatic nitrogens is 1. The van der Waals surface area contributed by atoms with Gasteiger partial charge >= 0.3 is 15.5 Å². The van der Waals surface area contributed by atoms with E-state index in [1.165, 1.54) is 0 Å². The average Bonchev–Trinajstić information content (AvgIpc) is 2.91. The Bertz CT molecular complexity index is 1580. The van der Waals surface area contributed by atoms with Crippen molar-refractivity contribution in [1.82, 2.24) is 9.29 Å². The van der Waals surface area contributed by atoms with Crippen LogP contribution in [0.25, 0.3) is 10.9 Å². The van der Waals surface area contributed by atoms with Gasteiger partial charge in [0.1, 0.15) is 0 Å². The van der Waals surface area contributed by atoms with Crippen molar-refractivity contribution in [2.24, 2.45) is 0 Å². The molecule has 1 aliphatic rings. The third-order valence-corrected chi connectivity index (χ3v) is 9.38. The molecule has 0 atom stereocenters. The topological polar surface area (TPSA) is 62.3 Å². The normalized spacial score (nSPS) is 15.6. The average molecular weight is 609 g/mol. The number of fused-ring (bicyclic) bond motifs is 1. The number of hydrogen-bond donors (Lipinski definition) is 1. The van der Waals surface area contributed by atoms with E-state index in [4.69, 9.17) is 23.2 Å². The second-order valence-corrected chi connectivity index (χ2v) is 12.7. The summed E-state index contributed by atoms with van der Waals surface area (Å²) in [5, 5.41) is 5.59. The summed E-state index contributed by atoms with van der Waals surface area (Å²) >= 11 is 12.4. The van der Waals surface area contributed by atoms with E-state index in [9.17, 15) is 21.6 Å². The van der Waals surface area contributed by atoms with Crippen molar-refractivity contribution in [2.75, 3.05) is 18.4 Å². The number of aryl methyl sites for hydroxylation is 1. The summed E-state index contributed by atoms with van der Waals surface area (Å²) in [6.45, 7) is 1.58. The van der Waals surface area contributed by atoms with E-state index in [2.05, 4.69) is 22.4 Å². The lowest BCUT2D eigenvalue weighted by molar-refractivity contribution is -0.0494. The number of anilines is 1. The molecule has 4 aromatic rings. The summed E-state index contributed by atoms with van der Waals surface area (Å²) in [5.41, 5.74) is 0.374. The Morgan fingerprint density at radius 2 is 1.45 bits per heavy atom. The Morgan fingerprint density at radius 3 is 1.98 bits per heavy atom. The molecule has 3 aromatic carbocycles. The fraction of sp³-hybridized carbons (Fsp3) is 0.276. The highest BCUT2D eigenvalue weighted by Gasteiger charge is 2.50. The van der Waals surface area contributed by atoms with Crippen LogP contribution >= 0.6 is 23.2 Å². The number of nitrogens with one attached hydrogen (secondary N) is 1. The standard InChI is InChI=1S/C29H26Cl2F3N3O2S/c1-18-16-21(27(19-2-6-22(30)7-3-19)20-4-8-23(31)9-5-20)17-25-26(10-13-35-28(18)25)36-24-11-14-37(15-12-24)40(38,39)29(32,33)34/h2-10,13,16-17,24,27H,11-12,14-15H2,1H3,(H,35,36). The summed E-state index contributed by atoms with van der Waals surface area (Å²) in [7, 11) is -5.33. The molecular formula is C29H26Cl2F3N3O2S. The Labute approximate surface area is 241 Å². The molecule has 0 spiro atoms. The van der Waals surface area contributed by atoms with Crippen LogP contribution in [0.5, 0.6) is 0 Å². The van der Waals surface area contributed by atoms with Crippen LogP contribution in [0.1, 0.15) is 41.0 Å². The first-order valence-electron chi connectivity index (χ1n) is 12.7. The van der Waals surface area contributed by atoms with E-state index in [0.29, 0.717) is 14.4 Å². The lowest BCUT2D eigenvalue weighted by atomic mass is 9.84. The molecule has 1 fully saturated rings. The summed E-state index contributed by atoms with van der Waals surface area (Å²) in [6, 6.07) is 21.2. The molecule has 0 saturated carbocycles. The van der Waals surface area contributed by atoms with Gasteiger partial charge in [-0.05, 0) is 78.4 Å². The van der Waals surface area contributed by atoms with Crippen LogP contribution in [0.3, 0.4) is 0 Å². The molecule has 40 heavy (non-hydrogen) atoms. The summed E-state index contributed by atoms with van der Waals surface area (Å²) in [4.78, 5) is 4.59. The minimum Gasteiger partial charge on any atom is -0.382 e. The van der Waals surface area contributed by atoms with Crippen molar-refractivity contribution in [3.8, 4) is 0 Å². The number of pyridine rings is 1. The lowest BCUT2D eigenvalue weighted by Gasteiger charge is -2.32. The van der Waals surface area contributed by atoms with E-state index < -0.39 is 15.5 Å². The molecule has 0 radical (unpaired) electrons. The Kier molecular flexibility index (Phi) is 8.03. The quantitative estimate of drug-likeness (QED) is 0.228. The van der Waals surface area contributed by atoms with Gasteiger partial charge in [0, 0.05) is 52.4 Å². The molecule has 11 heteroatoms. The maximum atomic E-state index is 13.0. The molecule has 0 aliphatic carbocycles. The van der Waals surface area contributed by atoms with Gasteiger partial charge in [-0.3, -0.25) is 4.98 Å². The van der Waals surface area contributed by atoms with Crippen molar-refractivity contribution < 1.29 is 21.6 Å². The zero-order valence-electron chi connectivity index (χ0n) is 21.4. The van der Waals surface area contributed by atoms with Gasteiger partial charge < -0.3 is 5.32 Å². The molecule has 5 nitrogen and oxygen atoms in total. The smallest absolute Gasteiger partial charge is 0.382 e. The molecule has 1 aliphatic heterocycles. The number of rotatable bonds is 6. The summed E-state index contributed by atoms with van der Waals surface area (Å²) in [6.07, 6.45) is 2.18. The van der Waals surface area contributed by atoms with Crippen molar-refractivity contribution in [1.29, 1.82) is 0 Å². The fourth-order valence-corrected chi connectivity index (χ4v) is 6.48. The van der Waals surface area contributed by atoms with Crippen molar-refractivity contribution in [3.05, 3.63) is 105 Å². The summed E-state index contributed by atoms with van der Waals surface area (Å²) < 4.78 is 63.1. The van der Waals surface area contributed by atoms with Gasteiger partial charge in [0.15, 0.2) is 0 Å². The SMILES string of the molecule is Cc1cc(C(c2ccc(Cl)cc2)c2ccc(Cl)cc2)cc2c(NC3CCN(S(=O)(=O)C(F)(F)F)CC3)ccnc12. The minimum atomic E-state index is -5.33. The first kappa shape index (κ1) is 28.7. The number of alkyl halides is 3. The van der Waals surface area contributed by atoms with Gasteiger partial charge in [0.05, 0.1) is 5.52 Å². The van der Waals surface area contributed by atoms with Gasteiger partial charge in [-0.1, -0.05) is 53.5 Å². The van der Waals surface area contributed by atoms with Crippen LogP contribution in [0.2, 0.25) is 10.0 Å². The predicted molar refractivity (Wildman–Crippen MR) is 154 cm³/mol. The van der Waals surface area contributed by atoms with Crippen LogP contribution < -0.4 is 5.32 Å². The second-order valence-electron chi connectivity index (χ2n) is 9.90. The van der Waals surface area contributed by atoms with Crippen LogP contribution in [0, 0.1) is 6.92 Å². The van der Waals surface area contributed by atoms with E-state index >= 15 is 0 Å². The van der Waals surface area contributed by atoms with Crippen LogP contribution in [-0.2, 0) is 10.0 Å². The fourth-order valence-electron chi connectivity index (χ4n) is 5.25. The van der Waals surface area contributed by atoms with E-state index in [1.54, 1.807) is 6.20 Å². The third kappa shape index (κ3) is 5.79. The second kappa shape index (κ2) is 11.2. The molecule has 2 heterocycles. The maximum absolute atomic E-state index is 13.0. The Balaban J connectivity index is 1.49. The van der Waals surface area contributed by atoms with E-state index in [-0.39, 0.29) is 37.9 Å². The molecule has 1 saturated heterocycles. The molecule has 0 unspecified atom stereocenters. The lowest BCUT2D eigenvalue weighted by Crippen LogP contribution is -2.47. The molecule has 0 amide bonds. The maximum Gasteiger partial charge on any atom is 0.511 e. The molecule has 1 N–H and O–H groups in total. The number of halogens is 5. The van der Waals surface area contributed by atoms with Gasteiger partial charge in [0.2, 0.25) is 0 Å². The van der Waals surface area contributed by atoms with Crippen molar-refractivity contribution in [2.45, 2.75) is 37.2 Å². The third-order valence-electron chi connectivity index (χ3n) is 7.24. The highest BCUT2D eigenvalue weighted by Crippen LogP contribution is 2.37. The van der Waals surface area contributed by atoms with Gasteiger partial charge in [-0.25, -0.2) is 8.42 Å². The number of sulfonamides is 1. The number of benzene rings is 3. The zero-order chi connectivity index (χ0) is 28.7. The minimum absolute atomic E-state index is 0.124. The van der Waals surface area contributed by atoms with Crippen molar-refractivity contribution in [3.63, 3.8) is 0 Å². The van der Waals surface area contributed by atoms with Gasteiger partial charge in [-0.15, -0.1) is 0 Å². The van der Waals surface area contributed by atoms with E-state index in [1.807, 2.05) is 61.5 Å². The zero-order valence-corrected chi connectivity index (χ0v) is 23.7. The highest BCUT2D eigenvalue weighted by molar-refractivity contribution is 7.90. The molecule has 0 bridgehead atoms. The molecule has 210 valence electrons. The molecular weight excluding hydrogens is 582 g/mol. The number of hydrogen-bond acceptors (Lipinski definition) is 4. The molecule has 1 aromatic heterocycles. The number of piperidine rings is 1. The predicted octanol–water partition coefficient (Wildman–Crippen LogP) is 7.76. The van der Waals surface area contributed by atoms with Crippen LogP contribution in [-0.4, -0.2) is 42.3 Å². The number of nitrogens with zero attached hydrogens (tertiary/aromatic N) is 2. The summed E-state index contributed by atoms with van der Waals surface area (Å²) in [5.74, 6) is -0.124. The monoisotopic (exact) mass is 607 g/mol. The van der Waals surface area contributed by atoms with Gasteiger partial charge in [0.25, 0.3) is 0 Å². The van der Waals surface area contributed by atoms with E-state index in [0.717, 1.165) is 38.8 Å². The van der Waals surface area contributed by atoms with Crippen LogP contribution in [0.15, 0.2) is 72.9 Å². The highest BCUT2D eigenvalue weighted by atomic mass is 35.5. The first-order chi connectivity index (χ1) is 18.9.